The van der Waals surface area contributed by atoms with Crippen molar-refractivity contribution in [3.8, 4) is 17.0 Å². The van der Waals surface area contributed by atoms with E-state index in [2.05, 4.69) is 14.9 Å². The molecule has 6 aliphatic rings. The number of carbonyl (C=O) groups excluding carboxylic acids is 1. The van der Waals surface area contributed by atoms with Gasteiger partial charge < -0.3 is 24.5 Å². The molecule has 302 valence electrons. The standard InChI is InChI=1S/C42H49F5N4O5/c43-41(44)20-50(21-41)28-1-3-30(4-2-28)56-31-5-6-32-34(19-51(36(32)18-31)29-9-11-40(12-10-29)22-55-23-40)35-8-7-33(37(49-35)42(45,46)47)38(52)48-27-16-24-13-25(17-27)15-26(14-24)39(53)54/h5-8,18-19,24-30H,1-4,9-17,20-23H2,(H,48,52)(H,53,54). The minimum absolute atomic E-state index is 0.0638. The van der Waals surface area contributed by atoms with Crippen molar-refractivity contribution in [2.75, 3.05) is 26.3 Å². The zero-order valence-electron chi connectivity index (χ0n) is 31.3. The van der Waals surface area contributed by atoms with Crippen molar-refractivity contribution in [3.05, 3.63) is 47.8 Å². The summed E-state index contributed by atoms with van der Waals surface area (Å²) in [6.45, 7) is 1.16. The molecule has 2 bridgehead atoms. The third-order valence-corrected chi connectivity index (χ3v) is 13.9. The van der Waals surface area contributed by atoms with E-state index in [4.69, 9.17) is 9.47 Å². The summed E-state index contributed by atoms with van der Waals surface area (Å²) in [5, 5.41) is 13.1. The molecular weight excluding hydrogens is 735 g/mol. The van der Waals surface area contributed by atoms with Gasteiger partial charge in [0.2, 0.25) is 0 Å². The van der Waals surface area contributed by atoms with Gasteiger partial charge in [-0.25, -0.2) is 13.8 Å². The number of carbonyl (C=O) groups is 2. The van der Waals surface area contributed by atoms with E-state index >= 15 is 0 Å². The van der Waals surface area contributed by atoms with Crippen molar-refractivity contribution in [1.82, 2.24) is 19.8 Å². The molecular formula is C42H49F5N4O5. The van der Waals surface area contributed by atoms with Crippen LogP contribution in [0.1, 0.15) is 106 Å². The summed E-state index contributed by atoms with van der Waals surface area (Å²) in [5.74, 6) is -3.76. The van der Waals surface area contributed by atoms with Gasteiger partial charge in [-0.1, -0.05) is 0 Å². The Bertz CT molecular complexity index is 1960. The second-order valence-corrected chi connectivity index (χ2v) is 17.9. The molecule has 9 nitrogen and oxygen atoms in total. The quantitative estimate of drug-likeness (QED) is 0.221. The molecule has 56 heavy (non-hydrogen) atoms. The number of hydrogen-bond acceptors (Lipinski definition) is 6. The van der Waals surface area contributed by atoms with Crippen LogP contribution in [0, 0.1) is 23.2 Å². The van der Waals surface area contributed by atoms with E-state index in [9.17, 15) is 36.6 Å². The molecule has 2 saturated heterocycles. The number of hydrogen-bond donors (Lipinski definition) is 2. The number of carboxylic acid groups (broad SMARTS) is 1. The van der Waals surface area contributed by atoms with Crippen LogP contribution in [0.25, 0.3) is 22.2 Å². The number of ether oxygens (including phenoxy) is 2. The minimum Gasteiger partial charge on any atom is -0.490 e. The lowest BCUT2D eigenvalue weighted by Gasteiger charge is -2.46. The van der Waals surface area contributed by atoms with Crippen molar-refractivity contribution in [2.45, 2.75) is 120 Å². The molecule has 4 aliphatic carbocycles. The molecule has 2 aromatic heterocycles. The highest BCUT2D eigenvalue weighted by Gasteiger charge is 2.47. The highest BCUT2D eigenvalue weighted by Crippen LogP contribution is 2.48. The fourth-order valence-corrected chi connectivity index (χ4v) is 11.0. The molecule has 2 aliphatic heterocycles. The Kier molecular flexibility index (Phi) is 9.61. The summed E-state index contributed by atoms with van der Waals surface area (Å²) in [5.41, 5.74) is -0.0674. The number of fused-ring (bicyclic) bond motifs is 3. The summed E-state index contributed by atoms with van der Waals surface area (Å²) < 4.78 is 85.4. The first kappa shape index (κ1) is 37.8. The van der Waals surface area contributed by atoms with Crippen LogP contribution in [0.5, 0.6) is 5.75 Å². The van der Waals surface area contributed by atoms with Crippen molar-refractivity contribution >= 4 is 22.8 Å². The van der Waals surface area contributed by atoms with E-state index in [-0.39, 0.29) is 60.3 Å². The van der Waals surface area contributed by atoms with Gasteiger partial charge in [-0.3, -0.25) is 14.5 Å². The zero-order valence-corrected chi connectivity index (χ0v) is 31.3. The van der Waals surface area contributed by atoms with Crippen LogP contribution in [0.3, 0.4) is 0 Å². The molecule has 0 radical (unpaired) electrons. The van der Waals surface area contributed by atoms with Crippen LogP contribution >= 0.6 is 0 Å². The predicted octanol–water partition coefficient (Wildman–Crippen LogP) is 8.50. The minimum atomic E-state index is -4.89. The average Bonchev–Trinajstić information content (AvgIpc) is 3.51. The molecule has 14 heteroatoms. The molecule has 2 N–H and O–H groups in total. The lowest BCUT2D eigenvalue weighted by Crippen LogP contribution is -2.60. The first-order valence-corrected chi connectivity index (χ1v) is 20.3. The Hall–Kier alpha value is -3.78. The zero-order chi connectivity index (χ0) is 39.0. The Morgan fingerprint density at radius 3 is 2.20 bits per heavy atom. The molecule has 2 unspecified atom stereocenters. The highest BCUT2D eigenvalue weighted by atomic mass is 19.4. The molecule has 4 saturated carbocycles. The number of aromatic nitrogens is 2. The van der Waals surface area contributed by atoms with E-state index in [1.165, 1.54) is 12.1 Å². The SMILES string of the molecule is O=C(NC1CC2CC(C1)CC(C(=O)O)C2)c1ccc(-c2cn(C3CCC4(CC3)COC4)c3cc(OC4CCC(N5CC(F)(F)C5)CC4)ccc23)nc1C(F)(F)F. The Morgan fingerprint density at radius 2 is 1.59 bits per heavy atom. The average molecular weight is 785 g/mol. The van der Waals surface area contributed by atoms with Gasteiger partial charge in [0.05, 0.1) is 55.1 Å². The number of carboxylic acids is 1. The molecule has 1 aromatic carbocycles. The fourth-order valence-electron chi connectivity index (χ4n) is 11.0. The summed E-state index contributed by atoms with van der Waals surface area (Å²) in [6, 6.07) is 8.32. The van der Waals surface area contributed by atoms with Crippen LogP contribution in [0.2, 0.25) is 0 Å². The summed E-state index contributed by atoms with van der Waals surface area (Å²) >= 11 is 0. The van der Waals surface area contributed by atoms with Crippen molar-refractivity contribution < 1.29 is 46.1 Å². The number of rotatable bonds is 8. The maximum Gasteiger partial charge on any atom is 0.434 e. The smallest absolute Gasteiger partial charge is 0.434 e. The maximum absolute atomic E-state index is 14.7. The van der Waals surface area contributed by atoms with Gasteiger partial charge in [-0.15, -0.1) is 0 Å². The van der Waals surface area contributed by atoms with Gasteiger partial charge >= 0.3 is 12.1 Å². The van der Waals surface area contributed by atoms with Crippen LogP contribution in [0.15, 0.2) is 36.5 Å². The molecule has 9 rings (SSSR count). The topological polar surface area (TPSA) is 106 Å². The third-order valence-electron chi connectivity index (χ3n) is 13.9. The predicted molar refractivity (Wildman–Crippen MR) is 197 cm³/mol. The molecule has 1 spiro atoms. The van der Waals surface area contributed by atoms with Crippen LogP contribution in [-0.4, -0.2) is 81.8 Å². The van der Waals surface area contributed by atoms with Gasteiger partial charge in [0.15, 0.2) is 5.69 Å². The Balaban J connectivity index is 0.971. The van der Waals surface area contributed by atoms with E-state index < -0.39 is 41.2 Å². The van der Waals surface area contributed by atoms with Crippen LogP contribution in [0.4, 0.5) is 22.0 Å². The van der Waals surface area contributed by atoms with Gasteiger partial charge in [0.25, 0.3) is 11.8 Å². The largest absolute Gasteiger partial charge is 0.490 e. The number of benzene rings is 1. The first-order valence-electron chi connectivity index (χ1n) is 20.3. The number of nitrogens with zero attached hydrogens (tertiary/aromatic N) is 3. The van der Waals surface area contributed by atoms with E-state index in [0.29, 0.717) is 37.0 Å². The molecule has 3 aromatic rings. The molecule has 1 amide bonds. The fraction of sp³-hybridized carbons (Fsp3) is 0.643. The highest BCUT2D eigenvalue weighted by molar-refractivity contribution is 5.98. The summed E-state index contributed by atoms with van der Waals surface area (Å²) in [4.78, 5) is 31.1. The number of aliphatic carboxylic acids is 1. The summed E-state index contributed by atoms with van der Waals surface area (Å²) in [7, 11) is 0. The van der Waals surface area contributed by atoms with Crippen molar-refractivity contribution in [2.24, 2.45) is 23.2 Å². The van der Waals surface area contributed by atoms with Crippen molar-refractivity contribution in [3.63, 3.8) is 0 Å². The summed E-state index contributed by atoms with van der Waals surface area (Å²) in [6.07, 6.45) is 6.81. The van der Waals surface area contributed by atoms with Gasteiger partial charge in [-0.2, -0.15) is 13.2 Å². The van der Waals surface area contributed by atoms with Crippen LogP contribution < -0.4 is 10.1 Å². The second-order valence-electron chi connectivity index (χ2n) is 17.9. The Labute approximate surface area is 322 Å². The number of nitrogens with one attached hydrogen (secondary N) is 1. The Morgan fingerprint density at radius 1 is 0.893 bits per heavy atom. The number of pyridine rings is 1. The third kappa shape index (κ3) is 7.40. The number of halogens is 5. The van der Waals surface area contributed by atoms with Crippen molar-refractivity contribution in [1.29, 1.82) is 0 Å². The second kappa shape index (κ2) is 14.2. The lowest BCUT2D eigenvalue weighted by atomic mass is 9.66. The van der Waals surface area contributed by atoms with Gasteiger partial charge in [0, 0.05) is 46.8 Å². The molecule has 2 atom stereocenters. The first-order chi connectivity index (χ1) is 26.7. The van der Waals surface area contributed by atoms with Gasteiger partial charge in [0.1, 0.15) is 5.75 Å². The monoisotopic (exact) mass is 784 g/mol. The normalized spacial score (nSPS) is 30.4. The maximum atomic E-state index is 14.7. The van der Waals surface area contributed by atoms with Gasteiger partial charge in [-0.05, 0) is 120 Å². The van der Waals surface area contributed by atoms with E-state index in [1.54, 1.807) is 0 Å². The molecule has 4 heterocycles. The lowest BCUT2D eigenvalue weighted by molar-refractivity contribution is -0.151. The van der Waals surface area contributed by atoms with E-state index in [0.717, 1.165) is 81.9 Å². The molecule has 6 fully saturated rings. The number of likely N-dealkylation sites (tertiary alicyclic amines) is 1. The van der Waals surface area contributed by atoms with E-state index in [1.807, 2.05) is 29.3 Å². The number of alkyl halides is 5. The van der Waals surface area contributed by atoms with Crippen LogP contribution in [-0.2, 0) is 15.7 Å². The number of amides is 1.